The Morgan fingerprint density at radius 1 is 1.11 bits per heavy atom. The van der Waals surface area contributed by atoms with Gasteiger partial charge in [0.05, 0.1) is 19.3 Å². The van der Waals surface area contributed by atoms with Crippen molar-refractivity contribution in [1.29, 1.82) is 5.26 Å². The molecule has 2 atom stereocenters. The molecular formula is C28H29N5O2. The Labute approximate surface area is 205 Å². The minimum atomic E-state index is -0.273. The average molecular weight is 468 g/mol. The Balaban J connectivity index is 1.27. The quantitative estimate of drug-likeness (QED) is 0.583. The first-order chi connectivity index (χ1) is 17.3. The number of anilines is 1. The van der Waals surface area contributed by atoms with Crippen LogP contribution in [0.25, 0.3) is 27.9 Å². The maximum atomic E-state index is 9.84. The summed E-state index contributed by atoms with van der Waals surface area (Å²) in [6, 6.07) is 15.3. The molecule has 0 bridgehead atoms. The number of H-pyrrole nitrogens is 1. The minimum Gasteiger partial charge on any atom is -0.492 e. The monoisotopic (exact) mass is 467 g/mol. The van der Waals surface area contributed by atoms with Crippen LogP contribution < -0.4 is 10.2 Å². The number of rotatable bonds is 5. The topological polar surface area (TPSA) is 86.2 Å². The van der Waals surface area contributed by atoms with E-state index in [0.717, 1.165) is 85.0 Å². The summed E-state index contributed by atoms with van der Waals surface area (Å²) in [5.41, 5.74) is 6.48. The van der Waals surface area contributed by atoms with Gasteiger partial charge in [0, 0.05) is 42.6 Å². The molecule has 1 aliphatic carbocycles. The standard InChI is InChI=1S/C28H29N5O2/c29-17-21-15-20(3-6-27(21)35-23-7-9-30-18-23)24-8-10-31-28-25(24)16-26(32-28)19-1-4-22(5-2-19)33-11-13-34-14-12-33/h1-6,8,10,16,21,23,30H,7,9,11-15,18H2,(H,31,32)/t21?,23-/m0/s1. The highest BCUT2D eigenvalue weighted by Crippen LogP contribution is 2.36. The van der Waals surface area contributed by atoms with Crippen LogP contribution in [0.4, 0.5) is 5.69 Å². The maximum Gasteiger partial charge on any atom is 0.138 e. The largest absolute Gasteiger partial charge is 0.492 e. The molecule has 0 spiro atoms. The van der Waals surface area contributed by atoms with Crippen molar-refractivity contribution in [3.63, 3.8) is 0 Å². The molecule has 0 saturated carbocycles. The van der Waals surface area contributed by atoms with Gasteiger partial charge in [-0.05, 0) is 66.4 Å². The number of nitrogens with zero attached hydrogens (tertiary/aromatic N) is 3. The van der Waals surface area contributed by atoms with Crippen LogP contribution in [0.1, 0.15) is 18.4 Å². The first-order valence-corrected chi connectivity index (χ1v) is 12.4. The highest BCUT2D eigenvalue weighted by Gasteiger charge is 2.26. The van der Waals surface area contributed by atoms with E-state index < -0.39 is 0 Å². The number of benzene rings is 1. The third kappa shape index (κ3) is 4.43. The van der Waals surface area contributed by atoms with Gasteiger partial charge in [0.2, 0.25) is 0 Å². The number of pyridine rings is 1. The Morgan fingerprint density at radius 2 is 1.97 bits per heavy atom. The fraction of sp³-hybridized carbons (Fsp3) is 0.357. The molecule has 2 fully saturated rings. The molecular weight excluding hydrogens is 438 g/mol. The molecule has 3 aliphatic rings. The molecule has 2 aliphatic heterocycles. The van der Waals surface area contributed by atoms with Gasteiger partial charge in [-0.2, -0.15) is 5.26 Å². The predicted octanol–water partition coefficient (Wildman–Crippen LogP) is 4.26. The Kier molecular flexibility index (Phi) is 5.99. The van der Waals surface area contributed by atoms with Gasteiger partial charge in [-0.15, -0.1) is 0 Å². The number of aromatic amines is 1. The summed E-state index contributed by atoms with van der Waals surface area (Å²) in [5.74, 6) is 0.510. The lowest BCUT2D eigenvalue weighted by molar-refractivity contribution is 0.115. The number of nitrogens with one attached hydrogen (secondary N) is 2. The molecule has 35 heavy (non-hydrogen) atoms. The number of fused-ring (bicyclic) bond motifs is 1. The molecule has 0 radical (unpaired) electrons. The molecule has 7 heteroatoms. The molecule has 1 aromatic carbocycles. The van der Waals surface area contributed by atoms with Crippen LogP contribution in [0.15, 0.2) is 60.5 Å². The summed E-state index contributed by atoms with van der Waals surface area (Å²) < 4.78 is 11.6. The predicted molar refractivity (Wildman–Crippen MR) is 137 cm³/mol. The van der Waals surface area contributed by atoms with E-state index in [0.29, 0.717) is 6.42 Å². The van der Waals surface area contributed by atoms with Crippen LogP contribution in [-0.4, -0.2) is 55.5 Å². The fourth-order valence-electron chi connectivity index (χ4n) is 5.17. The lowest BCUT2D eigenvalue weighted by Gasteiger charge is -2.28. The maximum absolute atomic E-state index is 9.84. The van der Waals surface area contributed by atoms with E-state index >= 15 is 0 Å². The van der Waals surface area contributed by atoms with Crippen molar-refractivity contribution in [2.45, 2.75) is 18.9 Å². The number of aromatic nitrogens is 2. The Morgan fingerprint density at radius 3 is 2.74 bits per heavy atom. The van der Waals surface area contributed by atoms with E-state index in [4.69, 9.17) is 9.47 Å². The molecule has 2 N–H and O–H groups in total. The fourth-order valence-corrected chi connectivity index (χ4v) is 5.17. The third-order valence-corrected chi connectivity index (χ3v) is 7.12. The van der Waals surface area contributed by atoms with Crippen molar-refractivity contribution in [1.82, 2.24) is 15.3 Å². The van der Waals surface area contributed by atoms with Gasteiger partial charge in [-0.1, -0.05) is 18.2 Å². The van der Waals surface area contributed by atoms with Gasteiger partial charge in [0.25, 0.3) is 0 Å². The van der Waals surface area contributed by atoms with E-state index in [2.05, 4.69) is 62.7 Å². The molecule has 178 valence electrons. The van der Waals surface area contributed by atoms with Gasteiger partial charge in [0.1, 0.15) is 23.4 Å². The zero-order valence-electron chi connectivity index (χ0n) is 19.7. The van der Waals surface area contributed by atoms with Gasteiger partial charge < -0.3 is 24.7 Å². The summed E-state index contributed by atoms with van der Waals surface area (Å²) in [4.78, 5) is 10.4. The molecule has 1 unspecified atom stereocenters. The van der Waals surface area contributed by atoms with E-state index in [1.165, 1.54) is 5.69 Å². The molecule has 2 saturated heterocycles. The summed E-state index contributed by atoms with van der Waals surface area (Å²) in [6.07, 6.45) is 7.69. The zero-order valence-corrected chi connectivity index (χ0v) is 19.7. The number of ether oxygens (including phenoxy) is 2. The molecule has 4 heterocycles. The van der Waals surface area contributed by atoms with E-state index in [1.807, 2.05) is 18.3 Å². The normalized spacial score (nSPS) is 22.5. The first kappa shape index (κ1) is 21.9. The van der Waals surface area contributed by atoms with E-state index in [9.17, 15) is 5.26 Å². The molecule has 2 aromatic heterocycles. The number of hydrogen-bond donors (Lipinski definition) is 2. The van der Waals surface area contributed by atoms with Gasteiger partial charge in [0.15, 0.2) is 0 Å². The zero-order chi connectivity index (χ0) is 23.6. The lowest BCUT2D eigenvalue weighted by atomic mass is 9.88. The van der Waals surface area contributed by atoms with Gasteiger partial charge in [-0.25, -0.2) is 4.98 Å². The molecule has 0 amide bonds. The highest BCUT2D eigenvalue weighted by atomic mass is 16.5. The number of nitriles is 1. The Hall–Kier alpha value is -3.60. The molecule has 6 rings (SSSR count). The second-order valence-corrected chi connectivity index (χ2v) is 9.33. The second kappa shape index (κ2) is 9.57. The van der Waals surface area contributed by atoms with Gasteiger partial charge in [-0.3, -0.25) is 0 Å². The second-order valence-electron chi connectivity index (χ2n) is 9.33. The van der Waals surface area contributed by atoms with Crippen LogP contribution in [0.3, 0.4) is 0 Å². The van der Waals surface area contributed by atoms with E-state index in [1.54, 1.807) is 0 Å². The minimum absolute atomic E-state index is 0.154. The number of allylic oxidation sites excluding steroid dienone is 4. The van der Waals surface area contributed by atoms with Crippen molar-refractivity contribution < 1.29 is 9.47 Å². The average Bonchev–Trinajstić information content (AvgIpc) is 3.59. The number of morpholine rings is 1. The summed E-state index contributed by atoms with van der Waals surface area (Å²) >= 11 is 0. The lowest BCUT2D eigenvalue weighted by Crippen LogP contribution is -2.36. The smallest absolute Gasteiger partial charge is 0.138 e. The van der Waals surface area contributed by atoms with Crippen LogP contribution in [0, 0.1) is 17.2 Å². The van der Waals surface area contributed by atoms with Crippen LogP contribution in [0.5, 0.6) is 0 Å². The molecule has 3 aromatic rings. The first-order valence-electron chi connectivity index (χ1n) is 12.4. The third-order valence-electron chi connectivity index (χ3n) is 7.12. The van der Waals surface area contributed by atoms with Crippen molar-refractivity contribution in [2.24, 2.45) is 5.92 Å². The van der Waals surface area contributed by atoms with Crippen LogP contribution in [0.2, 0.25) is 0 Å². The van der Waals surface area contributed by atoms with Crippen LogP contribution >= 0.6 is 0 Å². The van der Waals surface area contributed by atoms with E-state index in [-0.39, 0.29) is 12.0 Å². The number of hydrogen-bond acceptors (Lipinski definition) is 6. The summed E-state index contributed by atoms with van der Waals surface area (Å²) in [6.45, 7) is 5.23. The van der Waals surface area contributed by atoms with Crippen molar-refractivity contribution >= 4 is 22.3 Å². The van der Waals surface area contributed by atoms with Crippen molar-refractivity contribution in [3.8, 4) is 17.3 Å². The van der Waals surface area contributed by atoms with Gasteiger partial charge >= 0.3 is 0 Å². The summed E-state index contributed by atoms with van der Waals surface area (Å²) in [5, 5.41) is 14.2. The van der Waals surface area contributed by atoms with Crippen LogP contribution in [-0.2, 0) is 9.47 Å². The SMILES string of the molecule is N#CC1CC(c2ccnc3[nH]c(-c4ccc(N5CCOCC5)cc4)cc23)=CC=C1O[C@H]1CCNC1. The van der Waals surface area contributed by atoms with Crippen molar-refractivity contribution in [2.75, 3.05) is 44.3 Å². The highest BCUT2D eigenvalue weighted by molar-refractivity contribution is 5.94. The van der Waals surface area contributed by atoms with Crippen molar-refractivity contribution in [3.05, 3.63) is 66.1 Å². The summed E-state index contributed by atoms with van der Waals surface area (Å²) in [7, 11) is 0. The Bertz CT molecular complexity index is 1310. The molecule has 7 nitrogen and oxygen atoms in total.